The largest absolute Gasteiger partial charge is 0.462 e. The summed E-state index contributed by atoms with van der Waals surface area (Å²) in [5.74, 6) is -0.905. The standard InChI is InChI=1S/C24H29N5O5S/c1-3-29-22(31)20(35-23(29)19(15-25)24(32)34-4-2)16-27-18-7-5-17(6-8-18)21(30)26-9-10-28-11-13-33-14-12-28/h5-8,16,27H,3-4,9-14H2,1-2H3,(H,26,30)/b20-16-,23-19-. The number of anilines is 1. The number of hydrogen-bond donors (Lipinski definition) is 2. The van der Waals surface area contributed by atoms with Crippen molar-refractivity contribution >= 4 is 40.7 Å². The van der Waals surface area contributed by atoms with E-state index in [0.717, 1.165) is 44.2 Å². The lowest BCUT2D eigenvalue weighted by Crippen LogP contribution is -2.41. The highest BCUT2D eigenvalue weighted by Crippen LogP contribution is 2.09. The van der Waals surface area contributed by atoms with Crippen molar-refractivity contribution in [3.05, 3.63) is 49.4 Å². The van der Waals surface area contributed by atoms with Gasteiger partial charge in [-0.25, -0.2) is 4.79 Å². The molecule has 2 aromatic rings. The van der Waals surface area contributed by atoms with Gasteiger partial charge in [-0.1, -0.05) is 0 Å². The summed E-state index contributed by atoms with van der Waals surface area (Å²) in [6.07, 6.45) is 1.53. The van der Waals surface area contributed by atoms with Crippen LogP contribution in [-0.2, 0) is 20.8 Å². The van der Waals surface area contributed by atoms with E-state index in [1.165, 1.54) is 10.8 Å². The number of carbonyl (C=O) groups is 2. The topological polar surface area (TPSA) is 126 Å². The monoisotopic (exact) mass is 499 g/mol. The molecular formula is C24H29N5O5S. The normalized spacial score (nSPS) is 15.3. The lowest BCUT2D eigenvalue weighted by atomic mass is 10.2. The Kier molecular flexibility index (Phi) is 9.60. The molecule has 3 rings (SSSR count). The lowest BCUT2D eigenvalue weighted by Gasteiger charge is -2.26. The maximum absolute atomic E-state index is 12.8. The lowest BCUT2D eigenvalue weighted by molar-refractivity contribution is -0.136. The fourth-order valence-electron chi connectivity index (χ4n) is 3.50. The first-order valence-corrected chi connectivity index (χ1v) is 12.3. The van der Waals surface area contributed by atoms with Gasteiger partial charge in [-0.2, -0.15) is 5.26 Å². The van der Waals surface area contributed by atoms with Crippen LogP contribution in [0, 0.1) is 11.3 Å². The molecule has 1 aliphatic heterocycles. The Morgan fingerprint density at radius 2 is 1.94 bits per heavy atom. The van der Waals surface area contributed by atoms with Crippen molar-refractivity contribution in [2.24, 2.45) is 0 Å². The molecule has 0 spiro atoms. The van der Waals surface area contributed by atoms with E-state index in [0.29, 0.717) is 28.9 Å². The van der Waals surface area contributed by atoms with Crippen LogP contribution < -0.4 is 25.4 Å². The summed E-state index contributed by atoms with van der Waals surface area (Å²) in [4.78, 5) is 39.5. The van der Waals surface area contributed by atoms with Gasteiger partial charge in [0.2, 0.25) is 0 Å². The summed E-state index contributed by atoms with van der Waals surface area (Å²) in [6.45, 7) is 8.39. The van der Waals surface area contributed by atoms with Gasteiger partial charge in [0.25, 0.3) is 11.5 Å². The van der Waals surface area contributed by atoms with Gasteiger partial charge in [-0.15, -0.1) is 11.3 Å². The third-order valence-corrected chi connectivity index (χ3v) is 6.49. The second kappa shape index (κ2) is 12.9. The minimum atomic E-state index is -0.753. The molecule has 1 saturated heterocycles. The van der Waals surface area contributed by atoms with E-state index >= 15 is 0 Å². The van der Waals surface area contributed by atoms with Crippen LogP contribution >= 0.6 is 11.3 Å². The van der Waals surface area contributed by atoms with E-state index in [-0.39, 0.29) is 28.3 Å². The third kappa shape index (κ3) is 6.79. The minimum Gasteiger partial charge on any atom is -0.462 e. The van der Waals surface area contributed by atoms with Gasteiger partial charge in [-0.3, -0.25) is 19.1 Å². The average molecular weight is 500 g/mol. The van der Waals surface area contributed by atoms with E-state index in [1.807, 2.05) is 6.07 Å². The van der Waals surface area contributed by atoms with Crippen molar-refractivity contribution in [2.45, 2.75) is 20.4 Å². The molecule has 0 radical (unpaired) electrons. The van der Waals surface area contributed by atoms with Crippen LogP contribution in [0.25, 0.3) is 11.8 Å². The quantitative estimate of drug-likeness (QED) is 0.465. The third-order valence-electron chi connectivity index (χ3n) is 5.36. The van der Waals surface area contributed by atoms with E-state index in [9.17, 15) is 19.6 Å². The number of nitriles is 1. The molecule has 0 atom stereocenters. The molecular weight excluding hydrogens is 470 g/mol. The Balaban J connectivity index is 1.69. The fourth-order valence-corrected chi connectivity index (χ4v) is 4.57. The highest BCUT2D eigenvalue weighted by Gasteiger charge is 2.16. The number of hydrogen-bond acceptors (Lipinski definition) is 9. The smallest absolute Gasteiger partial charge is 0.351 e. The van der Waals surface area contributed by atoms with Crippen LogP contribution in [0.5, 0.6) is 0 Å². The first-order chi connectivity index (χ1) is 17.0. The van der Waals surface area contributed by atoms with Crippen LogP contribution in [0.15, 0.2) is 29.1 Å². The first-order valence-electron chi connectivity index (χ1n) is 11.4. The molecule has 0 aliphatic carbocycles. The van der Waals surface area contributed by atoms with Crippen molar-refractivity contribution in [2.75, 3.05) is 51.3 Å². The number of nitrogens with one attached hydrogen (secondary N) is 2. The number of carbonyl (C=O) groups excluding carboxylic acids is 2. The number of aromatic nitrogens is 1. The SMILES string of the molecule is CCOC(=O)/C(C#N)=c1\s/c(=C\Nc2ccc(C(=O)NCCN3CCOCC3)cc2)c(=O)n1CC. The Morgan fingerprint density at radius 1 is 1.23 bits per heavy atom. The zero-order chi connectivity index (χ0) is 25.2. The zero-order valence-corrected chi connectivity index (χ0v) is 20.7. The van der Waals surface area contributed by atoms with E-state index in [4.69, 9.17) is 9.47 Å². The minimum absolute atomic E-state index is 0.133. The molecule has 1 aromatic heterocycles. The molecule has 1 aromatic carbocycles. The summed E-state index contributed by atoms with van der Waals surface area (Å²) in [7, 11) is 0. The number of thiazole rings is 1. The molecule has 2 N–H and O–H groups in total. The molecule has 11 heteroatoms. The molecule has 1 amide bonds. The van der Waals surface area contributed by atoms with Crippen LogP contribution in [0.3, 0.4) is 0 Å². The molecule has 0 saturated carbocycles. The zero-order valence-electron chi connectivity index (χ0n) is 19.8. The van der Waals surface area contributed by atoms with Gasteiger partial charge < -0.3 is 20.1 Å². The summed E-state index contributed by atoms with van der Waals surface area (Å²) in [5.41, 5.74) is 0.710. The number of esters is 1. The van der Waals surface area contributed by atoms with Crippen molar-refractivity contribution in [3.63, 3.8) is 0 Å². The predicted octanol–water partition coefficient (Wildman–Crippen LogP) is 0.0792. The summed E-state index contributed by atoms with van der Waals surface area (Å²) >= 11 is 1.04. The summed E-state index contributed by atoms with van der Waals surface area (Å²) in [6, 6.07) is 8.74. The molecule has 1 aliphatic rings. The Labute approximate surface area is 207 Å². The summed E-state index contributed by atoms with van der Waals surface area (Å²) < 4.78 is 12.2. The number of ether oxygens (including phenoxy) is 2. The van der Waals surface area contributed by atoms with Gasteiger partial charge >= 0.3 is 5.97 Å². The fraction of sp³-hybridized carbons (Fsp3) is 0.417. The van der Waals surface area contributed by atoms with Gasteiger partial charge in [-0.05, 0) is 38.1 Å². The van der Waals surface area contributed by atoms with Crippen molar-refractivity contribution in [1.29, 1.82) is 5.26 Å². The molecule has 1 fully saturated rings. The molecule has 0 unspecified atom stereocenters. The summed E-state index contributed by atoms with van der Waals surface area (Å²) in [5, 5.41) is 15.4. The highest BCUT2D eigenvalue weighted by atomic mass is 32.1. The molecule has 2 heterocycles. The van der Waals surface area contributed by atoms with Crippen LogP contribution in [0.1, 0.15) is 24.2 Å². The molecule has 10 nitrogen and oxygen atoms in total. The van der Waals surface area contributed by atoms with Gasteiger partial charge in [0, 0.05) is 50.2 Å². The van der Waals surface area contributed by atoms with E-state index < -0.39 is 5.97 Å². The number of morpholine rings is 1. The maximum atomic E-state index is 12.8. The van der Waals surface area contributed by atoms with Crippen molar-refractivity contribution in [3.8, 4) is 6.07 Å². The number of rotatable bonds is 9. The van der Waals surface area contributed by atoms with Crippen LogP contribution in [0.2, 0.25) is 0 Å². The van der Waals surface area contributed by atoms with E-state index in [1.54, 1.807) is 38.1 Å². The van der Waals surface area contributed by atoms with Crippen molar-refractivity contribution < 1.29 is 19.1 Å². The van der Waals surface area contributed by atoms with Crippen LogP contribution in [0.4, 0.5) is 5.69 Å². The van der Waals surface area contributed by atoms with Crippen LogP contribution in [-0.4, -0.2) is 67.3 Å². The molecule has 0 bridgehead atoms. The Bertz CT molecular complexity index is 1250. The van der Waals surface area contributed by atoms with Gasteiger partial charge in [0.15, 0.2) is 5.57 Å². The second-order valence-electron chi connectivity index (χ2n) is 7.60. The highest BCUT2D eigenvalue weighted by molar-refractivity contribution is 7.07. The van der Waals surface area contributed by atoms with E-state index in [2.05, 4.69) is 15.5 Å². The average Bonchev–Trinajstić information content (AvgIpc) is 3.19. The Hall–Kier alpha value is -3.46. The predicted molar refractivity (Wildman–Crippen MR) is 133 cm³/mol. The number of nitrogens with zero attached hydrogens (tertiary/aromatic N) is 3. The first kappa shape index (κ1) is 26.2. The second-order valence-corrected chi connectivity index (χ2v) is 8.63. The maximum Gasteiger partial charge on any atom is 0.351 e. The Morgan fingerprint density at radius 3 is 2.57 bits per heavy atom. The molecule has 186 valence electrons. The van der Waals surface area contributed by atoms with Crippen molar-refractivity contribution in [1.82, 2.24) is 14.8 Å². The van der Waals surface area contributed by atoms with Gasteiger partial charge in [0.05, 0.1) is 19.8 Å². The number of benzene rings is 1. The number of amides is 1. The van der Waals surface area contributed by atoms with Gasteiger partial charge in [0.1, 0.15) is 15.3 Å². The molecule has 35 heavy (non-hydrogen) atoms.